The molecule has 0 saturated carbocycles. The molecular formula is C16H23N3O6S. The van der Waals surface area contributed by atoms with Gasteiger partial charge in [-0.05, 0) is 31.4 Å². The van der Waals surface area contributed by atoms with Crippen molar-refractivity contribution in [3.8, 4) is 0 Å². The van der Waals surface area contributed by atoms with E-state index >= 15 is 0 Å². The van der Waals surface area contributed by atoms with Crippen LogP contribution in [0.25, 0.3) is 5.52 Å². The SMILES string of the molecule is CCOC(=O)Cn1nc(C(C)OS(C)(=O)=O)n2cc(C(C)C)cc2c1=O. The molecule has 2 aromatic heterocycles. The largest absolute Gasteiger partial charge is 0.465 e. The number of carbonyl (C=O) groups excluding carboxylic acids is 1. The number of esters is 1. The number of fused-ring (bicyclic) bond motifs is 1. The van der Waals surface area contributed by atoms with Crippen molar-refractivity contribution in [2.24, 2.45) is 0 Å². The van der Waals surface area contributed by atoms with E-state index in [9.17, 15) is 18.0 Å². The number of aromatic nitrogens is 3. The molecule has 2 aromatic rings. The highest BCUT2D eigenvalue weighted by atomic mass is 32.2. The number of carbonyl (C=O) groups is 1. The maximum atomic E-state index is 12.7. The summed E-state index contributed by atoms with van der Waals surface area (Å²) in [4.78, 5) is 24.4. The van der Waals surface area contributed by atoms with Crippen molar-refractivity contribution in [1.29, 1.82) is 0 Å². The van der Waals surface area contributed by atoms with Gasteiger partial charge in [-0.1, -0.05) is 13.8 Å². The monoisotopic (exact) mass is 385 g/mol. The molecule has 0 N–H and O–H groups in total. The second kappa shape index (κ2) is 7.58. The van der Waals surface area contributed by atoms with Gasteiger partial charge in [0, 0.05) is 6.20 Å². The summed E-state index contributed by atoms with van der Waals surface area (Å²) in [5.41, 5.74) is 0.692. The first-order valence-corrected chi connectivity index (χ1v) is 10.0. The molecule has 0 amide bonds. The van der Waals surface area contributed by atoms with Crippen molar-refractivity contribution >= 4 is 21.6 Å². The van der Waals surface area contributed by atoms with Crippen molar-refractivity contribution < 1.29 is 22.1 Å². The number of hydrogen-bond donors (Lipinski definition) is 0. The predicted molar refractivity (Wildman–Crippen MR) is 94.5 cm³/mol. The molecule has 26 heavy (non-hydrogen) atoms. The lowest BCUT2D eigenvalue weighted by Crippen LogP contribution is -2.31. The Bertz CT molecular complexity index is 974. The Morgan fingerprint density at radius 3 is 2.50 bits per heavy atom. The maximum Gasteiger partial charge on any atom is 0.327 e. The van der Waals surface area contributed by atoms with E-state index in [-0.39, 0.29) is 30.4 Å². The van der Waals surface area contributed by atoms with Crippen LogP contribution in [0.4, 0.5) is 0 Å². The van der Waals surface area contributed by atoms with Crippen LogP contribution >= 0.6 is 0 Å². The molecule has 2 heterocycles. The number of rotatable bonds is 7. The van der Waals surface area contributed by atoms with E-state index in [4.69, 9.17) is 8.92 Å². The molecule has 0 aliphatic rings. The summed E-state index contributed by atoms with van der Waals surface area (Å²) in [6.07, 6.45) is 1.71. The molecule has 0 aromatic carbocycles. The summed E-state index contributed by atoms with van der Waals surface area (Å²) in [6, 6.07) is 1.70. The number of hydrogen-bond acceptors (Lipinski definition) is 7. The molecule has 0 radical (unpaired) electrons. The fraction of sp³-hybridized carbons (Fsp3) is 0.562. The molecule has 0 bridgehead atoms. The summed E-state index contributed by atoms with van der Waals surface area (Å²) in [5, 5.41) is 4.16. The second-order valence-corrected chi connectivity index (χ2v) is 7.85. The molecule has 9 nitrogen and oxygen atoms in total. The van der Waals surface area contributed by atoms with Crippen molar-refractivity contribution in [3.05, 3.63) is 34.0 Å². The van der Waals surface area contributed by atoms with Crippen molar-refractivity contribution in [2.75, 3.05) is 12.9 Å². The van der Waals surface area contributed by atoms with Crippen LogP contribution in [-0.4, -0.2) is 41.4 Å². The van der Waals surface area contributed by atoms with E-state index in [1.165, 1.54) is 11.3 Å². The fourth-order valence-corrected chi connectivity index (χ4v) is 3.13. The summed E-state index contributed by atoms with van der Waals surface area (Å²) < 4.78 is 35.3. The molecule has 144 valence electrons. The van der Waals surface area contributed by atoms with Gasteiger partial charge in [-0.25, -0.2) is 4.68 Å². The Labute approximate surface area is 151 Å². The highest BCUT2D eigenvalue weighted by Gasteiger charge is 2.22. The zero-order valence-corrected chi connectivity index (χ0v) is 16.2. The van der Waals surface area contributed by atoms with Gasteiger partial charge in [0.05, 0.1) is 12.9 Å². The van der Waals surface area contributed by atoms with Gasteiger partial charge >= 0.3 is 5.97 Å². The van der Waals surface area contributed by atoms with Crippen molar-refractivity contribution in [3.63, 3.8) is 0 Å². The van der Waals surface area contributed by atoms with E-state index in [0.717, 1.165) is 16.5 Å². The standard InChI is InChI=1S/C16H23N3O6S/c1-6-24-14(20)9-19-16(21)13-7-12(10(2)3)8-18(13)15(17-19)11(4)25-26(5,22)23/h7-8,10-11H,6,9H2,1-5H3. The molecular weight excluding hydrogens is 362 g/mol. The highest BCUT2D eigenvalue weighted by molar-refractivity contribution is 7.86. The van der Waals surface area contributed by atoms with Crippen LogP contribution in [0.3, 0.4) is 0 Å². The van der Waals surface area contributed by atoms with Gasteiger partial charge in [-0.2, -0.15) is 13.5 Å². The Balaban J connectivity index is 2.65. The summed E-state index contributed by atoms with van der Waals surface area (Å²) in [5.74, 6) is -0.266. The Morgan fingerprint density at radius 1 is 1.31 bits per heavy atom. The quantitative estimate of drug-likeness (QED) is 0.521. The molecule has 0 fully saturated rings. The third-order valence-corrected chi connectivity index (χ3v) is 4.34. The second-order valence-electron chi connectivity index (χ2n) is 6.25. The average molecular weight is 385 g/mol. The topological polar surface area (TPSA) is 109 Å². The van der Waals surface area contributed by atoms with Crippen LogP contribution in [0.15, 0.2) is 17.1 Å². The van der Waals surface area contributed by atoms with Gasteiger partial charge in [-0.15, -0.1) is 0 Å². The van der Waals surface area contributed by atoms with Gasteiger partial charge in [0.1, 0.15) is 18.2 Å². The van der Waals surface area contributed by atoms with E-state index < -0.39 is 27.8 Å². The summed E-state index contributed by atoms with van der Waals surface area (Å²) in [7, 11) is -3.74. The van der Waals surface area contributed by atoms with Gasteiger partial charge in [-0.3, -0.25) is 18.2 Å². The van der Waals surface area contributed by atoms with Crippen LogP contribution in [-0.2, 0) is 30.4 Å². The lowest BCUT2D eigenvalue weighted by Gasteiger charge is -2.15. The number of nitrogens with zero attached hydrogens (tertiary/aromatic N) is 3. The van der Waals surface area contributed by atoms with Gasteiger partial charge in [0.25, 0.3) is 15.7 Å². The van der Waals surface area contributed by atoms with Crippen LogP contribution in [0, 0.1) is 0 Å². The van der Waals surface area contributed by atoms with Crippen LogP contribution in [0.5, 0.6) is 0 Å². The number of ether oxygens (including phenoxy) is 1. The maximum absolute atomic E-state index is 12.7. The van der Waals surface area contributed by atoms with Gasteiger partial charge < -0.3 is 4.74 Å². The Morgan fingerprint density at radius 2 is 1.96 bits per heavy atom. The van der Waals surface area contributed by atoms with Crippen molar-refractivity contribution in [1.82, 2.24) is 14.2 Å². The van der Waals surface area contributed by atoms with Crippen LogP contribution in [0.1, 0.15) is 51.1 Å². The predicted octanol–water partition coefficient (Wildman–Crippen LogP) is 1.22. The third kappa shape index (κ3) is 4.50. The van der Waals surface area contributed by atoms with Crippen molar-refractivity contribution in [2.45, 2.75) is 46.3 Å². The average Bonchev–Trinajstić information content (AvgIpc) is 2.94. The molecule has 2 rings (SSSR count). The van der Waals surface area contributed by atoms with E-state index in [1.807, 2.05) is 13.8 Å². The normalized spacial score (nSPS) is 13.3. The minimum Gasteiger partial charge on any atom is -0.465 e. The fourth-order valence-electron chi connectivity index (χ4n) is 2.52. The lowest BCUT2D eigenvalue weighted by atomic mass is 10.1. The van der Waals surface area contributed by atoms with E-state index in [1.54, 1.807) is 19.2 Å². The molecule has 0 spiro atoms. The first-order valence-electron chi connectivity index (χ1n) is 8.20. The lowest BCUT2D eigenvalue weighted by molar-refractivity contribution is -0.144. The van der Waals surface area contributed by atoms with Gasteiger partial charge in [0.2, 0.25) is 0 Å². The minimum atomic E-state index is -3.74. The first kappa shape index (κ1) is 20.1. The highest BCUT2D eigenvalue weighted by Crippen LogP contribution is 2.22. The summed E-state index contributed by atoms with van der Waals surface area (Å²) >= 11 is 0. The minimum absolute atomic E-state index is 0.145. The zero-order chi connectivity index (χ0) is 19.6. The smallest absolute Gasteiger partial charge is 0.327 e. The molecule has 1 atom stereocenters. The molecule has 0 saturated heterocycles. The summed E-state index contributed by atoms with van der Waals surface area (Å²) in [6.45, 7) is 6.91. The van der Waals surface area contributed by atoms with Crippen LogP contribution < -0.4 is 5.56 Å². The van der Waals surface area contributed by atoms with E-state index in [2.05, 4.69) is 5.10 Å². The molecule has 10 heteroatoms. The molecule has 0 aliphatic heterocycles. The third-order valence-electron chi connectivity index (χ3n) is 3.70. The molecule has 1 unspecified atom stereocenters. The first-order chi connectivity index (χ1) is 12.0. The Hall–Kier alpha value is -2.20. The van der Waals surface area contributed by atoms with E-state index in [0.29, 0.717) is 0 Å². The Kier molecular flexibility index (Phi) is 5.87. The van der Waals surface area contributed by atoms with Gasteiger partial charge in [0.15, 0.2) is 5.82 Å². The zero-order valence-electron chi connectivity index (χ0n) is 15.4. The van der Waals surface area contributed by atoms with Crippen LogP contribution in [0.2, 0.25) is 0 Å². The molecule has 0 aliphatic carbocycles.